The molecule has 1 amide bonds. The molecule has 0 aliphatic rings. The molecule has 144 valence electrons. The third kappa shape index (κ3) is 5.08. The lowest BCUT2D eigenvalue weighted by atomic mass is 10.1. The molecule has 0 aliphatic carbocycles. The number of rotatable bonds is 8. The Balaban J connectivity index is 1.65. The Kier molecular flexibility index (Phi) is 6.61. The molecule has 5 heteroatoms. The van der Waals surface area contributed by atoms with E-state index in [0.717, 1.165) is 22.0 Å². The summed E-state index contributed by atoms with van der Waals surface area (Å²) in [5.41, 5.74) is 3.73. The minimum Gasteiger partial charge on any atom is -0.486 e. The second kappa shape index (κ2) is 9.33. The minimum atomic E-state index is -0.0107. The molecule has 0 fully saturated rings. The van der Waals surface area contributed by atoms with Gasteiger partial charge in [0.15, 0.2) is 0 Å². The van der Waals surface area contributed by atoms with Crippen LogP contribution in [0.1, 0.15) is 32.2 Å². The van der Waals surface area contributed by atoms with Gasteiger partial charge in [-0.25, -0.2) is 4.98 Å². The van der Waals surface area contributed by atoms with Crippen molar-refractivity contribution in [2.24, 2.45) is 0 Å². The molecule has 0 spiro atoms. The first-order valence-electron chi connectivity index (χ1n) is 9.15. The number of carbonyl (C=O) groups excluding carboxylic acids is 1. The summed E-state index contributed by atoms with van der Waals surface area (Å²) in [7, 11) is 0. The lowest BCUT2D eigenvalue weighted by Crippen LogP contribution is -2.31. The van der Waals surface area contributed by atoms with Crippen molar-refractivity contribution in [2.45, 2.75) is 27.0 Å². The molecule has 0 atom stereocenters. The fraction of sp³-hybridized carbons (Fsp3) is 0.217. The predicted molar refractivity (Wildman–Crippen MR) is 114 cm³/mol. The van der Waals surface area contributed by atoms with Crippen molar-refractivity contribution in [1.82, 2.24) is 9.88 Å². The summed E-state index contributed by atoms with van der Waals surface area (Å²) in [6, 6.07) is 15.6. The van der Waals surface area contributed by atoms with Gasteiger partial charge in [0.05, 0.1) is 12.2 Å². The van der Waals surface area contributed by atoms with Gasteiger partial charge in [-0.15, -0.1) is 17.9 Å². The second-order valence-electron chi connectivity index (χ2n) is 6.62. The van der Waals surface area contributed by atoms with Crippen LogP contribution >= 0.6 is 11.3 Å². The van der Waals surface area contributed by atoms with Gasteiger partial charge in [-0.3, -0.25) is 4.79 Å². The average Bonchev–Trinajstić information content (AvgIpc) is 3.14. The van der Waals surface area contributed by atoms with Crippen LogP contribution in [0.3, 0.4) is 0 Å². The van der Waals surface area contributed by atoms with E-state index in [1.165, 1.54) is 5.56 Å². The summed E-state index contributed by atoms with van der Waals surface area (Å²) in [5, 5.41) is 2.87. The van der Waals surface area contributed by atoms with Gasteiger partial charge in [0, 0.05) is 17.5 Å². The number of amides is 1. The lowest BCUT2D eigenvalue weighted by Gasteiger charge is -2.21. The second-order valence-corrected chi connectivity index (χ2v) is 7.57. The van der Waals surface area contributed by atoms with Crippen LogP contribution in [0.15, 0.2) is 66.6 Å². The van der Waals surface area contributed by atoms with Crippen molar-refractivity contribution < 1.29 is 9.53 Å². The molecule has 28 heavy (non-hydrogen) atoms. The van der Waals surface area contributed by atoms with E-state index < -0.39 is 0 Å². The molecule has 4 nitrogen and oxygen atoms in total. The van der Waals surface area contributed by atoms with Crippen LogP contribution in [0.4, 0.5) is 0 Å². The molecular formula is C23H24N2O2S. The predicted octanol–water partition coefficient (Wildman–Crippen LogP) is 5.17. The number of aryl methyl sites for hydroxylation is 2. The molecule has 3 rings (SSSR count). The van der Waals surface area contributed by atoms with E-state index in [1.807, 2.05) is 67.8 Å². The van der Waals surface area contributed by atoms with Crippen LogP contribution in [0.25, 0.3) is 0 Å². The molecule has 2 aromatic carbocycles. The standard InChI is InChI=1S/C23H24N2O2S/c1-4-13-25(23(26)21-8-6-5-7-18(21)3)14-19-16-28-22(24-19)15-27-20-11-9-17(2)10-12-20/h4-12,16H,1,13-15H2,2-3H3. The Morgan fingerprint density at radius 2 is 1.93 bits per heavy atom. The summed E-state index contributed by atoms with van der Waals surface area (Å²) in [6.45, 7) is 9.11. The fourth-order valence-corrected chi connectivity index (χ4v) is 3.52. The van der Waals surface area contributed by atoms with Crippen molar-refractivity contribution in [3.63, 3.8) is 0 Å². The number of thiazole rings is 1. The SMILES string of the molecule is C=CCN(Cc1csc(COc2ccc(C)cc2)n1)C(=O)c1ccccc1C. The first-order chi connectivity index (χ1) is 13.6. The maximum atomic E-state index is 12.9. The third-order valence-electron chi connectivity index (χ3n) is 4.35. The van der Waals surface area contributed by atoms with Gasteiger partial charge in [0.2, 0.25) is 0 Å². The van der Waals surface area contributed by atoms with E-state index in [2.05, 4.69) is 11.6 Å². The summed E-state index contributed by atoms with van der Waals surface area (Å²) in [4.78, 5) is 19.3. The minimum absolute atomic E-state index is 0.0107. The molecule has 3 aromatic rings. The molecule has 0 radical (unpaired) electrons. The molecule has 1 heterocycles. The molecule has 0 saturated heterocycles. The van der Waals surface area contributed by atoms with Gasteiger partial charge < -0.3 is 9.64 Å². The number of hydrogen-bond acceptors (Lipinski definition) is 4. The van der Waals surface area contributed by atoms with Crippen molar-refractivity contribution in [2.75, 3.05) is 6.54 Å². The Morgan fingerprint density at radius 3 is 2.64 bits per heavy atom. The van der Waals surface area contributed by atoms with Crippen LogP contribution < -0.4 is 4.74 Å². The van der Waals surface area contributed by atoms with Crippen LogP contribution in [-0.2, 0) is 13.2 Å². The van der Waals surface area contributed by atoms with E-state index >= 15 is 0 Å². The van der Waals surface area contributed by atoms with Gasteiger partial charge in [0.25, 0.3) is 5.91 Å². The average molecular weight is 393 g/mol. The van der Waals surface area contributed by atoms with E-state index in [4.69, 9.17) is 4.74 Å². The number of aromatic nitrogens is 1. The highest BCUT2D eigenvalue weighted by atomic mass is 32.1. The van der Waals surface area contributed by atoms with Crippen molar-refractivity contribution in [3.05, 3.63) is 94.0 Å². The Morgan fingerprint density at radius 1 is 1.18 bits per heavy atom. The number of ether oxygens (including phenoxy) is 1. The Hall–Kier alpha value is -2.92. The Bertz CT molecular complexity index is 947. The molecular weight excluding hydrogens is 368 g/mol. The van der Waals surface area contributed by atoms with Gasteiger partial charge in [0.1, 0.15) is 17.4 Å². The van der Waals surface area contributed by atoms with Crippen LogP contribution in [0, 0.1) is 13.8 Å². The zero-order chi connectivity index (χ0) is 19.9. The monoisotopic (exact) mass is 392 g/mol. The number of hydrogen-bond donors (Lipinski definition) is 0. The zero-order valence-corrected chi connectivity index (χ0v) is 17.0. The van der Waals surface area contributed by atoms with Crippen molar-refractivity contribution >= 4 is 17.2 Å². The van der Waals surface area contributed by atoms with Crippen LogP contribution in [0.2, 0.25) is 0 Å². The van der Waals surface area contributed by atoms with E-state index in [-0.39, 0.29) is 5.91 Å². The first kappa shape index (κ1) is 19.8. The Labute approximate surface area is 170 Å². The van der Waals surface area contributed by atoms with Crippen molar-refractivity contribution in [3.8, 4) is 5.75 Å². The molecule has 0 N–H and O–H groups in total. The van der Waals surface area contributed by atoms with Crippen molar-refractivity contribution in [1.29, 1.82) is 0 Å². The van der Waals surface area contributed by atoms with Crippen LogP contribution in [-0.4, -0.2) is 22.3 Å². The van der Waals surface area contributed by atoms with E-state index in [0.29, 0.717) is 25.3 Å². The van der Waals surface area contributed by atoms with Gasteiger partial charge in [-0.2, -0.15) is 0 Å². The summed E-state index contributed by atoms with van der Waals surface area (Å²) in [6.07, 6.45) is 1.74. The molecule has 0 unspecified atom stereocenters. The normalized spacial score (nSPS) is 10.5. The molecule has 0 bridgehead atoms. The topological polar surface area (TPSA) is 42.4 Å². The van der Waals surface area contributed by atoms with E-state index in [1.54, 1.807) is 22.3 Å². The summed E-state index contributed by atoms with van der Waals surface area (Å²) in [5.74, 6) is 0.814. The maximum Gasteiger partial charge on any atom is 0.254 e. The quantitative estimate of drug-likeness (QED) is 0.497. The largest absolute Gasteiger partial charge is 0.486 e. The number of nitrogens with zero attached hydrogens (tertiary/aromatic N) is 2. The van der Waals surface area contributed by atoms with Gasteiger partial charge in [-0.05, 0) is 37.6 Å². The fourth-order valence-electron chi connectivity index (χ4n) is 2.82. The zero-order valence-electron chi connectivity index (χ0n) is 16.2. The highest BCUT2D eigenvalue weighted by Crippen LogP contribution is 2.18. The van der Waals surface area contributed by atoms with Gasteiger partial charge in [-0.1, -0.05) is 42.0 Å². The third-order valence-corrected chi connectivity index (χ3v) is 5.22. The molecule has 0 saturated carbocycles. The molecule has 0 aliphatic heterocycles. The first-order valence-corrected chi connectivity index (χ1v) is 10.0. The number of carbonyl (C=O) groups is 1. The van der Waals surface area contributed by atoms with Gasteiger partial charge >= 0.3 is 0 Å². The lowest BCUT2D eigenvalue weighted by molar-refractivity contribution is 0.0760. The summed E-state index contributed by atoms with van der Waals surface area (Å²) >= 11 is 1.54. The maximum absolute atomic E-state index is 12.9. The van der Waals surface area contributed by atoms with Crippen LogP contribution in [0.5, 0.6) is 5.75 Å². The highest BCUT2D eigenvalue weighted by Gasteiger charge is 2.18. The summed E-state index contributed by atoms with van der Waals surface area (Å²) < 4.78 is 5.80. The molecule has 1 aromatic heterocycles. The highest BCUT2D eigenvalue weighted by molar-refractivity contribution is 7.09. The van der Waals surface area contributed by atoms with E-state index in [9.17, 15) is 4.79 Å². The number of benzene rings is 2. The smallest absolute Gasteiger partial charge is 0.254 e.